The molecule has 4 heteroatoms. The number of phenolic OH excluding ortho intramolecular Hbond substituents is 1. The van der Waals surface area contributed by atoms with Crippen LogP contribution in [0, 0.1) is 6.92 Å². The maximum absolute atomic E-state index is 11.2. The normalized spacial score (nSPS) is 9.77. The molecule has 0 spiro atoms. The number of nitrogens with one attached hydrogen (secondary N) is 1. The Bertz CT molecular complexity index is 350. The van der Waals surface area contributed by atoms with Crippen LogP contribution in [-0.4, -0.2) is 18.1 Å². The van der Waals surface area contributed by atoms with Crippen LogP contribution in [0.1, 0.15) is 15.9 Å². The van der Waals surface area contributed by atoms with Gasteiger partial charge in [-0.05, 0) is 40.5 Å². The Morgan fingerprint density at radius 2 is 2.15 bits per heavy atom. The highest BCUT2D eigenvalue weighted by molar-refractivity contribution is 9.10. The summed E-state index contributed by atoms with van der Waals surface area (Å²) >= 11 is 3.16. The third-order valence-corrected chi connectivity index (χ3v) is 2.28. The van der Waals surface area contributed by atoms with E-state index >= 15 is 0 Å². The van der Waals surface area contributed by atoms with E-state index < -0.39 is 0 Å². The van der Waals surface area contributed by atoms with Gasteiger partial charge in [-0.15, -0.1) is 0 Å². The van der Waals surface area contributed by atoms with Crippen molar-refractivity contribution in [2.75, 3.05) is 7.05 Å². The first-order valence-electron chi connectivity index (χ1n) is 3.77. The molecule has 1 rings (SSSR count). The van der Waals surface area contributed by atoms with Gasteiger partial charge in [-0.3, -0.25) is 4.79 Å². The third kappa shape index (κ3) is 2.01. The van der Waals surface area contributed by atoms with Crippen molar-refractivity contribution in [1.29, 1.82) is 0 Å². The first-order valence-corrected chi connectivity index (χ1v) is 4.56. The lowest BCUT2D eigenvalue weighted by molar-refractivity contribution is 0.0960. The Morgan fingerprint density at radius 3 is 2.69 bits per heavy atom. The zero-order chi connectivity index (χ0) is 10.0. The standard InChI is InChI=1S/C9H10BrNO2/c1-5-3-6(9(13)11-2)8(12)7(10)4-5/h3-4,12H,1-2H3,(H,11,13). The molecule has 0 saturated carbocycles. The molecule has 1 aromatic carbocycles. The molecule has 0 aromatic heterocycles. The average Bonchev–Trinajstić information content (AvgIpc) is 2.10. The van der Waals surface area contributed by atoms with E-state index in [1.165, 1.54) is 7.05 Å². The molecule has 70 valence electrons. The van der Waals surface area contributed by atoms with Gasteiger partial charge in [0.05, 0.1) is 10.0 Å². The molecule has 13 heavy (non-hydrogen) atoms. The van der Waals surface area contributed by atoms with Crippen molar-refractivity contribution in [3.63, 3.8) is 0 Å². The predicted molar refractivity (Wildman–Crippen MR) is 53.9 cm³/mol. The minimum Gasteiger partial charge on any atom is -0.506 e. The molecule has 0 aliphatic heterocycles. The lowest BCUT2D eigenvalue weighted by Crippen LogP contribution is -2.18. The van der Waals surface area contributed by atoms with Crippen LogP contribution in [0.4, 0.5) is 0 Å². The highest BCUT2D eigenvalue weighted by Gasteiger charge is 2.12. The van der Waals surface area contributed by atoms with Crippen molar-refractivity contribution < 1.29 is 9.90 Å². The monoisotopic (exact) mass is 243 g/mol. The van der Waals surface area contributed by atoms with Gasteiger partial charge in [-0.25, -0.2) is 0 Å². The van der Waals surface area contributed by atoms with Gasteiger partial charge < -0.3 is 10.4 Å². The molecule has 0 unspecified atom stereocenters. The van der Waals surface area contributed by atoms with Crippen LogP contribution >= 0.6 is 15.9 Å². The molecule has 0 aliphatic carbocycles. The largest absolute Gasteiger partial charge is 0.506 e. The Hall–Kier alpha value is -1.03. The van der Waals surface area contributed by atoms with Crippen LogP contribution in [0.5, 0.6) is 5.75 Å². The molecule has 2 N–H and O–H groups in total. The van der Waals surface area contributed by atoms with Crippen molar-refractivity contribution in [1.82, 2.24) is 5.32 Å². The van der Waals surface area contributed by atoms with Crippen LogP contribution in [0.25, 0.3) is 0 Å². The quantitative estimate of drug-likeness (QED) is 0.791. The van der Waals surface area contributed by atoms with Crippen LogP contribution in [0.3, 0.4) is 0 Å². The summed E-state index contributed by atoms with van der Waals surface area (Å²) in [5.41, 5.74) is 1.21. The van der Waals surface area contributed by atoms with Crippen LogP contribution < -0.4 is 5.32 Å². The number of hydrogen-bond donors (Lipinski definition) is 2. The summed E-state index contributed by atoms with van der Waals surface area (Å²) in [5, 5.41) is 12.0. The molecular weight excluding hydrogens is 234 g/mol. The summed E-state index contributed by atoms with van der Waals surface area (Å²) in [6, 6.07) is 3.39. The van der Waals surface area contributed by atoms with E-state index in [-0.39, 0.29) is 17.2 Å². The lowest BCUT2D eigenvalue weighted by atomic mass is 10.1. The summed E-state index contributed by atoms with van der Waals surface area (Å²) in [4.78, 5) is 11.2. The lowest BCUT2D eigenvalue weighted by Gasteiger charge is -2.06. The number of benzene rings is 1. The smallest absolute Gasteiger partial charge is 0.254 e. The zero-order valence-corrected chi connectivity index (χ0v) is 8.97. The average molecular weight is 244 g/mol. The molecule has 1 amide bonds. The topological polar surface area (TPSA) is 49.3 Å². The van der Waals surface area contributed by atoms with E-state index in [4.69, 9.17) is 0 Å². The van der Waals surface area contributed by atoms with Gasteiger partial charge in [-0.2, -0.15) is 0 Å². The highest BCUT2D eigenvalue weighted by Crippen LogP contribution is 2.28. The second-order valence-electron chi connectivity index (χ2n) is 2.72. The Kier molecular flexibility index (Phi) is 2.93. The fraction of sp³-hybridized carbons (Fsp3) is 0.222. The second kappa shape index (κ2) is 3.79. The summed E-state index contributed by atoms with van der Waals surface area (Å²) in [6.07, 6.45) is 0. The van der Waals surface area contributed by atoms with E-state index in [0.717, 1.165) is 5.56 Å². The van der Waals surface area contributed by atoms with E-state index in [2.05, 4.69) is 21.2 Å². The van der Waals surface area contributed by atoms with Crippen molar-refractivity contribution in [2.24, 2.45) is 0 Å². The first kappa shape index (κ1) is 10.1. The van der Waals surface area contributed by atoms with E-state index in [0.29, 0.717) is 4.47 Å². The number of aryl methyl sites for hydroxylation is 1. The van der Waals surface area contributed by atoms with Gasteiger partial charge in [0.2, 0.25) is 0 Å². The van der Waals surface area contributed by atoms with Crippen molar-refractivity contribution in [3.05, 3.63) is 27.7 Å². The fourth-order valence-electron chi connectivity index (χ4n) is 1.04. The Labute approximate surface area is 84.9 Å². The molecule has 0 aliphatic rings. The molecule has 0 radical (unpaired) electrons. The number of hydrogen-bond acceptors (Lipinski definition) is 2. The Morgan fingerprint density at radius 1 is 1.54 bits per heavy atom. The number of carbonyl (C=O) groups is 1. The third-order valence-electron chi connectivity index (χ3n) is 1.68. The minimum atomic E-state index is -0.290. The summed E-state index contributed by atoms with van der Waals surface area (Å²) in [5.74, 6) is -0.313. The van der Waals surface area contributed by atoms with E-state index in [9.17, 15) is 9.90 Å². The van der Waals surface area contributed by atoms with Gasteiger partial charge >= 0.3 is 0 Å². The van der Waals surface area contributed by atoms with Crippen LogP contribution in [-0.2, 0) is 0 Å². The number of carbonyl (C=O) groups excluding carboxylic acids is 1. The predicted octanol–water partition coefficient (Wildman–Crippen LogP) is 1.82. The van der Waals surface area contributed by atoms with Gasteiger partial charge in [0, 0.05) is 7.05 Å². The number of aromatic hydroxyl groups is 1. The molecule has 0 heterocycles. The first-order chi connectivity index (χ1) is 6.06. The van der Waals surface area contributed by atoms with Crippen molar-refractivity contribution in [2.45, 2.75) is 6.92 Å². The number of halogens is 1. The maximum Gasteiger partial charge on any atom is 0.254 e. The number of amides is 1. The molecule has 0 atom stereocenters. The van der Waals surface area contributed by atoms with E-state index in [1.807, 2.05) is 6.92 Å². The fourth-order valence-corrected chi connectivity index (χ4v) is 1.62. The SMILES string of the molecule is CNC(=O)c1cc(C)cc(Br)c1O. The second-order valence-corrected chi connectivity index (χ2v) is 3.58. The minimum absolute atomic E-state index is 0.0232. The number of phenols is 1. The molecule has 1 aromatic rings. The molecule has 0 fully saturated rings. The Balaban J connectivity index is 3.28. The summed E-state index contributed by atoms with van der Waals surface area (Å²) in [6.45, 7) is 1.86. The molecule has 3 nitrogen and oxygen atoms in total. The molecule has 0 bridgehead atoms. The highest BCUT2D eigenvalue weighted by atomic mass is 79.9. The number of rotatable bonds is 1. The van der Waals surface area contributed by atoms with Gasteiger partial charge in [-0.1, -0.05) is 0 Å². The van der Waals surface area contributed by atoms with E-state index in [1.54, 1.807) is 12.1 Å². The van der Waals surface area contributed by atoms with Gasteiger partial charge in [0.25, 0.3) is 5.91 Å². The maximum atomic E-state index is 11.2. The van der Waals surface area contributed by atoms with Crippen molar-refractivity contribution >= 4 is 21.8 Å². The summed E-state index contributed by atoms with van der Waals surface area (Å²) < 4.78 is 0.533. The van der Waals surface area contributed by atoms with Gasteiger partial charge in [0.1, 0.15) is 5.75 Å². The molecular formula is C9H10BrNO2. The van der Waals surface area contributed by atoms with Crippen molar-refractivity contribution in [3.8, 4) is 5.75 Å². The molecule has 0 saturated heterocycles. The summed E-state index contributed by atoms with van der Waals surface area (Å²) in [7, 11) is 1.53. The van der Waals surface area contributed by atoms with Gasteiger partial charge in [0.15, 0.2) is 0 Å². The zero-order valence-electron chi connectivity index (χ0n) is 7.39. The van der Waals surface area contributed by atoms with Crippen LogP contribution in [0.2, 0.25) is 0 Å². The van der Waals surface area contributed by atoms with Crippen LogP contribution in [0.15, 0.2) is 16.6 Å².